The fraction of sp³-hybridized carbons (Fsp3) is 0.533. The number of carbonyl (C=O) groups is 1. The smallest absolute Gasteiger partial charge is 0.307 e. The molecule has 1 aromatic carbocycles. The molecule has 0 atom stereocenters. The number of nitrogens with zero attached hydrogens (tertiary/aromatic N) is 2. The van der Waals surface area contributed by atoms with E-state index < -0.39 is 0 Å². The third-order valence-electron chi connectivity index (χ3n) is 3.50. The van der Waals surface area contributed by atoms with Gasteiger partial charge in [0.2, 0.25) is 0 Å². The topological polar surface area (TPSA) is 32.8 Å². The van der Waals surface area contributed by atoms with Crippen LogP contribution in [-0.4, -0.2) is 50.2 Å². The van der Waals surface area contributed by atoms with Crippen LogP contribution in [0.15, 0.2) is 24.3 Å². The lowest BCUT2D eigenvalue weighted by molar-refractivity contribution is -0.143. The summed E-state index contributed by atoms with van der Waals surface area (Å²) >= 11 is 6.21. The van der Waals surface area contributed by atoms with Gasteiger partial charge in [0.05, 0.1) is 23.7 Å². The van der Waals surface area contributed by atoms with E-state index in [1.54, 1.807) is 0 Å². The maximum Gasteiger partial charge on any atom is 0.307 e. The van der Waals surface area contributed by atoms with Crippen molar-refractivity contribution in [1.29, 1.82) is 0 Å². The van der Waals surface area contributed by atoms with E-state index in [1.807, 2.05) is 25.1 Å². The number of rotatable bonds is 5. The minimum Gasteiger partial charge on any atom is -0.466 e. The summed E-state index contributed by atoms with van der Waals surface area (Å²) in [6, 6.07) is 7.93. The lowest BCUT2D eigenvalue weighted by Crippen LogP contribution is -2.47. The van der Waals surface area contributed by atoms with Crippen molar-refractivity contribution >= 4 is 23.3 Å². The van der Waals surface area contributed by atoms with Crippen molar-refractivity contribution in [3.8, 4) is 0 Å². The third-order valence-corrected chi connectivity index (χ3v) is 3.82. The van der Waals surface area contributed by atoms with Gasteiger partial charge in [0.25, 0.3) is 0 Å². The molecule has 0 aromatic heterocycles. The van der Waals surface area contributed by atoms with Crippen molar-refractivity contribution in [1.82, 2.24) is 4.90 Å². The second kappa shape index (κ2) is 7.50. The van der Waals surface area contributed by atoms with Crippen molar-refractivity contribution in [2.45, 2.75) is 13.3 Å². The molecule has 1 fully saturated rings. The number of hydrogen-bond donors (Lipinski definition) is 0. The summed E-state index contributed by atoms with van der Waals surface area (Å²) in [6.45, 7) is 6.84. The molecule has 1 aliphatic heterocycles. The molecule has 1 aliphatic rings. The summed E-state index contributed by atoms with van der Waals surface area (Å²) in [5.74, 6) is -0.110. The van der Waals surface area contributed by atoms with E-state index in [0.29, 0.717) is 13.0 Å². The van der Waals surface area contributed by atoms with E-state index in [4.69, 9.17) is 16.3 Å². The van der Waals surface area contributed by atoms with Crippen LogP contribution in [0.5, 0.6) is 0 Å². The Kier molecular flexibility index (Phi) is 5.68. The number of anilines is 1. The first-order valence-corrected chi connectivity index (χ1v) is 7.46. The highest BCUT2D eigenvalue weighted by atomic mass is 35.5. The molecule has 1 saturated heterocycles. The predicted molar refractivity (Wildman–Crippen MR) is 81.4 cm³/mol. The van der Waals surface area contributed by atoms with Crippen molar-refractivity contribution in [2.24, 2.45) is 0 Å². The van der Waals surface area contributed by atoms with E-state index in [0.717, 1.165) is 43.4 Å². The van der Waals surface area contributed by atoms with Crippen molar-refractivity contribution < 1.29 is 9.53 Å². The molecular formula is C15H21ClN2O2. The molecule has 20 heavy (non-hydrogen) atoms. The van der Waals surface area contributed by atoms with E-state index in [9.17, 15) is 4.79 Å². The van der Waals surface area contributed by atoms with Gasteiger partial charge in [-0.25, -0.2) is 0 Å². The average Bonchev–Trinajstić information content (AvgIpc) is 2.47. The third kappa shape index (κ3) is 4.12. The zero-order valence-corrected chi connectivity index (χ0v) is 12.6. The molecule has 0 radical (unpaired) electrons. The number of para-hydroxylation sites is 1. The molecule has 110 valence electrons. The number of benzene rings is 1. The number of esters is 1. The van der Waals surface area contributed by atoms with E-state index >= 15 is 0 Å². The number of carbonyl (C=O) groups excluding carboxylic acids is 1. The van der Waals surface area contributed by atoms with Gasteiger partial charge in [-0.15, -0.1) is 0 Å². The molecule has 0 amide bonds. The fourth-order valence-corrected chi connectivity index (χ4v) is 2.66. The Morgan fingerprint density at radius 3 is 2.60 bits per heavy atom. The van der Waals surface area contributed by atoms with Crippen LogP contribution in [0.4, 0.5) is 5.69 Å². The fourth-order valence-electron chi connectivity index (χ4n) is 2.40. The SMILES string of the molecule is CCOC(=O)CCN1CCN(c2ccccc2Cl)CC1. The second-order valence-electron chi connectivity index (χ2n) is 4.84. The largest absolute Gasteiger partial charge is 0.466 e. The average molecular weight is 297 g/mol. The molecule has 0 spiro atoms. The Balaban J connectivity index is 1.78. The van der Waals surface area contributed by atoms with Gasteiger partial charge in [-0.05, 0) is 19.1 Å². The Labute approximate surface area is 125 Å². The molecule has 0 aliphatic carbocycles. The van der Waals surface area contributed by atoms with Crippen LogP contribution in [0.25, 0.3) is 0 Å². The molecule has 0 unspecified atom stereocenters. The van der Waals surface area contributed by atoms with Gasteiger partial charge in [-0.3, -0.25) is 9.69 Å². The van der Waals surface area contributed by atoms with Crippen LogP contribution >= 0.6 is 11.6 Å². The number of halogens is 1. The van der Waals surface area contributed by atoms with Crippen LogP contribution in [0, 0.1) is 0 Å². The number of hydrogen-bond acceptors (Lipinski definition) is 4. The van der Waals surface area contributed by atoms with Crippen LogP contribution < -0.4 is 4.90 Å². The van der Waals surface area contributed by atoms with Crippen molar-refractivity contribution in [2.75, 3.05) is 44.2 Å². The highest BCUT2D eigenvalue weighted by molar-refractivity contribution is 6.33. The van der Waals surface area contributed by atoms with Gasteiger partial charge in [-0.2, -0.15) is 0 Å². The normalized spacial score (nSPS) is 16.2. The van der Waals surface area contributed by atoms with Gasteiger partial charge in [0.15, 0.2) is 0 Å². The van der Waals surface area contributed by atoms with Crippen LogP contribution in [0.1, 0.15) is 13.3 Å². The molecule has 0 saturated carbocycles. The zero-order chi connectivity index (χ0) is 14.4. The minimum absolute atomic E-state index is 0.110. The zero-order valence-electron chi connectivity index (χ0n) is 11.8. The summed E-state index contributed by atoms with van der Waals surface area (Å²) in [7, 11) is 0. The predicted octanol–water partition coefficient (Wildman–Crippen LogP) is 2.42. The summed E-state index contributed by atoms with van der Waals surface area (Å²) in [6.07, 6.45) is 0.472. The summed E-state index contributed by atoms with van der Waals surface area (Å²) in [4.78, 5) is 15.9. The Morgan fingerprint density at radius 2 is 1.95 bits per heavy atom. The number of ether oxygens (including phenoxy) is 1. The van der Waals surface area contributed by atoms with Crippen LogP contribution in [0.2, 0.25) is 5.02 Å². The minimum atomic E-state index is -0.110. The Morgan fingerprint density at radius 1 is 1.25 bits per heavy atom. The summed E-state index contributed by atoms with van der Waals surface area (Å²) < 4.78 is 4.95. The highest BCUT2D eigenvalue weighted by Gasteiger charge is 2.19. The lowest BCUT2D eigenvalue weighted by atomic mass is 10.2. The maximum absolute atomic E-state index is 11.3. The van der Waals surface area contributed by atoms with Crippen LogP contribution in [-0.2, 0) is 9.53 Å². The van der Waals surface area contributed by atoms with Crippen molar-refractivity contribution in [3.63, 3.8) is 0 Å². The first-order valence-electron chi connectivity index (χ1n) is 7.08. The number of piperazine rings is 1. The van der Waals surface area contributed by atoms with Gasteiger partial charge >= 0.3 is 5.97 Å². The van der Waals surface area contributed by atoms with Gasteiger partial charge in [-0.1, -0.05) is 23.7 Å². The molecule has 1 aromatic rings. The van der Waals surface area contributed by atoms with E-state index in [2.05, 4.69) is 15.9 Å². The van der Waals surface area contributed by atoms with E-state index in [1.165, 1.54) is 0 Å². The Hall–Kier alpha value is -1.26. The molecule has 1 heterocycles. The van der Waals surface area contributed by atoms with Gasteiger partial charge in [0, 0.05) is 32.7 Å². The Bertz CT molecular complexity index is 445. The monoisotopic (exact) mass is 296 g/mol. The molecule has 4 nitrogen and oxygen atoms in total. The van der Waals surface area contributed by atoms with Gasteiger partial charge < -0.3 is 9.64 Å². The van der Waals surface area contributed by atoms with Gasteiger partial charge in [0.1, 0.15) is 0 Å². The first kappa shape index (κ1) is 15.1. The van der Waals surface area contributed by atoms with Crippen molar-refractivity contribution in [3.05, 3.63) is 29.3 Å². The molecule has 2 rings (SSSR count). The molecule has 5 heteroatoms. The molecular weight excluding hydrogens is 276 g/mol. The van der Waals surface area contributed by atoms with Crippen LogP contribution in [0.3, 0.4) is 0 Å². The first-order chi connectivity index (χ1) is 9.70. The standard InChI is InChI=1S/C15H21ClN2O2/c1-2-20-15(19)7-8-17-9-11-18(12-10-17)14-6-4-3-5-13(14)16/h3-6H,2,7-12H2,1H3. The summed E-state index contributed by atoms with van der Waals surface area (Å²) in [5.41, 5.74) is 1.10. The second-order valence-corrected chi connectivity index (χ2v) is 5.24. The van der Waals surface area contributed by atoms with E-state index in [-0.39, 0.29) is 5.97 Å². The summed E-state index contributed by atoms with van der Waals surface area (Å²) in [5, 5.41) is 0.799. The highest BCUT2D eigenvalue weighted by Crippen LogP contribution is 2.25. The quantitative estimate of drug-likeness (QED) is 0.781. The lowest BCUT2D eigenvalue weighted by Gasteiger charge is -2.36. The maximum atomic E-state index is 11.3. The molecule has 0 N–H and O–H groups in total. The molecule has 0 bridgehead atoms.